The number of halogens is 3. The quantitative estimate of drug-likeness (QED) is 0.832. The maximum absolute atomic E-state index is 12.2. The van der Waals surface area contributed by atoms with Crippen molar-refractivity contribution in [3.63, 3.8) is 0 Å². The van der Waals surface area contributed by atoms with Crippen LogP contribution in [0, 0.1) is 11.3 Å². The van der Waals surface area contributed by atoms with Crippen LogP contribution in [0.3, 0.4) is 0 Å². The Bertz CT molecular complexity index is 350. The molecule has 1 aromatic heterocycles. The largest absolute Gasteiger partial charge is 0.425 e. The van der Waals surface area contributed by atoms with Crippen LogP contribution in [0.15, 0.2) is 12.1 Å². The highest BCUT2D eigenvalue weighted by Crippen LogP contribution is 2.36. The van der Waals surface area contributed by atoms with Crippen molar-refractivity contribution in [2.24, 2.45) is 5.73 Å². The lowest BCUT2D eigenvalue weighted by Crippen LogP contribution is -2.07. The van der Waals surface area contributed by atoms with E-state index in [1.807, 2.05) is 6.07 Å². The molecule has 0 saturated carbocycles. The summed E-state index contributed by atoms with van der Waals surface area (Å²) >= 11 is 0.587. The van der Waals surface area contributed by atoms with Gasteiger partial charge >= 0.3 is 6.18 Å². The first-order valence-corrected chi connectivity index (χ1v) is 4.56. The van der Waals surface area contributed by atoms with Crippen LogP contribution in [0.1, 0.15) is 22.2 Å². The van der Waals surface area contributed by atoms with Crippen molar-refractivity contribution in [1.82, 2.24) is 0 Å². The minimum atomic E-state index is -4.32. The van der Waals surface area contributed by atoms with Gasteiger partial charge in [-0.3, -0.25) is 0 Å². The fourth-order valence-electron chi connectivity index (χ4n) is 0.903. The van der Waals surface area contributed by atoms with Crippen LogP contribution < -0.4 is 5.73 Å². The average molecular weight is 220 g/mol. The first-order chi connectivity index (χ1) is 6.45. The Labute approximate surface area is 82.8 Å². The maximum Gasteiger partial charge on any atom is 0.425 e. The zero-order valence-corrected chi connectivity index (χ0v) is 7.82. The van der Waals surface area contributed by atoms with Gasteiger partial charge in [-0.1, -0.05) is 0 Å². The molecule has 0 aliphatic heterocycles. The molecule has 0 saturated heterocycles. The van der Waals surface area contributed by atoms with Gasteiger partial charge in [0.15, 0.2) is 0 Å². The van der Waals surface area contributed by atoms with Crippen molar-refractivity contribution < 1.29 is 13.2 Å². The van der Waals surface area contributed by atoms with Gasteiger partial charge in [-0.2, -0.15) is 18.4 Å². The summed E-state index contributed by atoms with van der Waals surface area (Å²) in [5.41, 5.74) is 5.48. The molecule has 1 rings (SSSR count). The number of alkyl halides is 3. The molecule has 0 fully saturated rings. The summed E-state index contributed by atoms with van der Waals surface area (Å²) in [6.45, 7) is 0. The summed E-state index contributed by atoms with van der Waals surface area (Å²) in [5, 5.41) is 8.32. The van der Waals surface area contributed by atoms with E-state index in [2.05, 4.69) is 0 Å². The number of nitriles is 1. The lowest BCUT2D eigenvalue weighted by molar-refractivity contribution is -0.134. The molecule has 0 aromatic carbocycles. The van der Waals surface area contributed by atoms with E-state index in [0.717, 1.165) is 6.07 Å². The van der Waals surface area contributed by atoms with Crippen LogP contribution in [0.25, 0.3) is 0 Å². The van der Waals surface area contributed by atoms with Gasteiger partial charge < -0.3 is 5.73 Å². The predicted octanol–water partition coefficient (Wildman–Crippen LogP) is 2.68. The van der Waals surface area contributed by atoms with Crippen LogP contribution in [0.2, 0.25) is 0 Å². The molecule has 0 spiro atoms. The van der Waals surface area contributed by atoms with Crippen LogP contribution >= 0.6 is 11.3 Å². The Balaban J connectivity index is 2.84. The molecule has 1 heterocycles. The van der Waals surface area contributed by atoms with Crippen molar-refractivity contribution in [2.75, 3.05) is 0 Å². The van der Waals surface area contributed by atoms with E-state index in [1.165, 1.54) is 6.07 Å². The summed E-state index contributed by atoms with van der Waals surface area (Å²) in [5.74, 6) is 0. The van der Waals surface area contributed by atoms with Crippen molar-refractivity contribution >= 4 is 11.3 Å². The van der Waals surface area contributed by atoms with Gasteiger partial charge in [0.05, 0.1) is 18.5 Å². The summed E-state index contributed by atoms with van der Waals surface area (Å²) in [6.07, 6.45) is -4.30. The van der Waals surface area contributed by atoms with Crippen LogP contribution in [0.4, 0.5) is 13.2 Å². The molecule has 76 valence electrons. The Kier molecular flexibility index (Phi) is 3.13. The fraction of sp³-hybridized carbons (Fsp3) is 0.375. The second-order valence-electron chi connectivity index (χ2n) is 2.67. The minimum Gasteiger partial charge on any atom is -0.322 e. The van der Waals surface area contributed by atoms with E-state index in [4.69, 9.17) is 11.0 Å². The van der Waals surface area contributed by atoms with Crippen LogP contribution in [-0.2, 0) is 6.18 Å². The SMILES string of the molecule is N#CC[C@H](N)c1ccc(C(F)(F)F)s1. The van der Waals surface area contributed by atoms with Gasteiger partial charge in [0.1, 0.15) is 4.88 Å². The number of nitrogens with two attached hydrogens (primary N) is 1. The first kappa shape index (κ1) is 11.0. The van der Waals surface area contributed by atoms with E-state index in [-0.39, 0.29) is 6.42 Å². The molecule has 1 atom stereocenters. The number of nitrogens with zero attached hydrogens (tertiary/aromatic N) is 1. The van der Waals surface area contributed by atoms with Crippen LogP contribution in [-0.4, -0.2) is 0 Å². The zero-order chi connectivity index (χ0) is 10.8. The highest BCUT2D eigenvalue weighted by atomic mass is 32.1. The highest BCUT2D eigenvalue weighted by Gasteiger charge is 2.32. The van der Waals surface area contributed by atoms with Crippen molar-refractivity contribution in [2.45, 2.75) is 18.6 Å². The maximum atomic E-state index is 12.2. The summed E-state index contributed by atoms with van der Waals surface area (Å²) in [7, 11) is 0. The first-order valence-electron chi connectivity index (χ1n) is 3.74. The summed E-state index contributed by atoms with van der Waals surface area (Å²) < 4.78 is 36.5. The number of rotatable bonds is 2. The summed E-state index contributed by atoms with van der Waals surface area (Å²) in [6, 6.07) is 3.49. The van der Waals surface area contributed by atoms with Crippen molar-refractivity contribution in [1.29, 1.82) is 5.26 Å². The molecule has 0 unspecified atom stereocenters. The Morgan fingerprint density at radius 3 is 2.57 bits per heavy atom. The number of thiophene rings is 1. The lowest BCUT2D eigenvalue weighted by atomic mass is 10.2. The third-order valence-electron chi connectivity index (χ3n) is 1.58. The molecule has 0 aliphatic carbocycles. The Morgan fingerprint density at radius 1 is 1.50 bits per heavy atom. The fourth-order valence-corrected chi connectivity index (χ4v) is 1.78. The molecule has 2 N–H and O–H groups in total. The van der Waals surface area contributed by atoms with E-state index in [9.17, 15) is 13.2 Å². The number of hydrogen-bond donors (Lipinski definition) is 1. The molecule has 1 aromatic rings. The molecule has 0 radical (unpaired) electrons. The highest BCUT2D eigenvalue weighted by molar-refractivity contribution is 7.12. The molecule has 0 bridgehead atoms. The predicted molar refractivity (Wildman–Crippen MR) is 46.5 cm³/mol. The van der Waals surface area contributed by atoms with Gasteiger partial charge in [0, 0.05) is 4.88 Å². The molecular weight excluding hydrogens is 213 g/mol. The van der Waals surface area contributed by atoms with Crippen molar-refractivity contribution in [3.8, 4) is 6.07 Å². The molecule has 0 aliphatic rings. The molecular formula is C8H7F3N2S. The van der Waals surface area contributed by atoms with Crippen molar-refractivity contribution in [3.05, 3.63) is 21.9 Å². The van der Waals surface area contributed by atoms with E-state index >= 15 is 0 Å². The molecule has 14 heavy (non-hydrogen) atoms. The third-order valence-corrected chi connectivity index (χ3v) is 2.84. The average Bonchev–Trinajstić information content (AvgIpc) is 2.51. The van der Waals surface area contributed by atoms with E-state index in [1.54, 1.807) is 0 Å². The van der Waals surface area contributed by atoms with E-state index < -0.39 is 17.1 Å². The molecule has 6 heteroatoms. The minimum absolute atomic E-state index is 0.0256. The van der Waals surface area contributed by atoms with Gasteiger partial charge in [-0.05, 0) is 12.1 Å². The van der Waals surface area contributed by atoms with Crippen LogP contribution in [0.5, 0.6) is 0 Å². The van der Waals surface area contributed by atoms with E-state index in [0.29, 0.717) is 16.2 Å². The van der Waals surface area contributed by atoms with Gasteiger partial charge in [0.2, 0.25) is 0 Å². The zero-order valence-electron chi connectivity index (χ0n) is 7.01. The second kappa shape index (κ2) is 3.98. The third kappa shape index (κ3) is 2.47. The standard InChI is InChI=1S/C8H7F3N2S/c9-8(10,11)7-2-1-6(14-7)5(13)3-4-12/h1-2,5H,3,13H2/t5-/m0/s1. The lowest BCUT2D eigenvalue weighted by Gasteiger charge is -2.03. The molecule has 2 nitrogen and oxygen atoms in total. The molecule has 0 amide bonds. The normalized spacial score (nSPS) is 13.6. The van der Waals surface area contributed by atoms with Gasteiger partial charge in [-0.25, -0.2) is 0 Å². The Hall–Kier alpha value is -1.06. The number of hydrogen-bond acceptors (Lipinski definition) is 3. The Morgan fingerprint density at radius 2 is 2.14 bits per heavy atom. The summed E-state index contributed by atoms with van der Waals surface area (Å²) in [4.78, 5) is -0.292. The van der Waals surface area contributed by atoms with Gasteiger partial charge in [0.25, 0.3) is 0 Å². The second-order valence-corrected chi connectivity index (χ2v) is 3.78. The smallest absolute Gasteiger partial charge is 0.322 e. The van der Waals surface area contributed by atoms with Gasteiger partial charge in [-0.15, -0.1) is 11.3 Å². The monoisotopic (exact) mass is 220 g/mol. The topological polar surface area (TPSA) is 49.8 Å².